The molecule has 2 nitrogen and oxygen atoms in total. The fraction of sp³-hybridized carbons (Fsp3) is 0.800. The van der Waals surface area contributed by atoms with Crippen LogP contribution in [-0.4, -0.2) is 17.5 Å². The van der Waals surface area contributed by atoms with Crippen molar-refractivity contribution in [2.45, 2.75) is 19.8 Å². The third-order valence-electron chi connectivity index (χ3n) is 0.687. The van der Waals surface area contributed by atoms with Crippen molar-refractivity contribution in [3.05, 3.63) is 0 Å². The summed E-state index contributed by atoms with van der Waals surface area (Å²) in [6.07, 6.45) is 1.12. The number of carbonyl (C=O) groups is 1. The van der Waals surface area contributed by atoms with Gasteiger partial charge in [0.15, 0.2) is 0 Å². The monoisotopic (exact) mass is 192 g/mol. The molecule has 0 aromatic heterocycles. The molecule has 8 heavy (non-hydrogen) atoms. The van der Waals surface area contributed by atoms with E-state index in [1.54, 1.807) is 0 Å². The third-order valence-corrected chi connectivity index (χ3v) is 0.687. The van der Waals surface area contributed by atoms with Crippen molar-refractivity contribution in [2.75, 3.05) is 6.61 Å². The summed E-state index contributed by atoms with van der Waals surface area (Å²) in [5, 5.41) is 8.16. The minimum atomic E-state index is 0. The van der Waals surface area contributed by atoms with Crippen LogP contribution in [0.15, 0.2) is 0 Å². The summed E-state index contributed by atoms with van der Waals surface area (Å²) in [5.41, 5.74) is 0. The van der Waals surface area contributed by atoms with Crippen LogP contribution in [0.1, 0.15) is 19.8 Å². The minimum absolute atomic E-state index is 0. The number of hydrogen-bond acceptors (Lipinski definition) is 2. The molecule has 0 aromatic carbocycles. The van der Waals surface area contributed by atoms with Crippen molar-refractivity contribution in [2.24, 2.45) is 0 Å². The summed E-state index contributed by atoms with van der Waals surface area (Å²) in [6, 6.07) is 0. The van der Waals surface area contributed by atoms with Crippen LogP contribution >= 0.6 is 0 Å². The zero-order valence-corrected chi connectivity index (χ0v) is 7.43. The first kappa shape index (κ1) is 11.3. The first-order valence-corrected chi connectivity index (χ1v) is 2.37. The molecule has 0 aliphatic carbocycles. The van der Waals surface area contributed by atoms with E-state index in [0.717, 1.165) is 0 Å². The van der Waals surface area contributed by atoms with E-state index in [1.165, 1.54) is 6.92 Å². The average molecular weight is 193 g/mol. The quantitative estimate of drug-likeness (QED) is 0.702. The number of aliphatic hydroxyl groups is 1. The number of aliphatic hydroxyl groups excluding tert-OH is 1. The SMILES string of the molecule is CC(=O)CCCO.[Zr]. The molecule has 46 valence electrons. The number of carbonyl (C=O) groups excluding carboxylic acids is 1. The summed E-state index contributed by atoms with van der Waals surface area (Å²) in [6.45, 7) is 1.65. The van der Waals surface area contributed by atoms with E-state index in [9.17, 15) is 4.79 Å². The van der Waals surface area contributed by atoms with Crippen LogP contribution in [0.25, 0.3) is 0 Å². The molecular formula is C5H10O2Zr. The number of rotatable bonds is 3. The molecule has 0 aliphatic rings. The van der Waals surface area contributed by atoms with Crippen LogP contribution in [0, 0.1) is 0 Å². The van der Waals surface area contributed by atoms with Crippen molar-refractivity contribution in [3.63, 3.8) is 0 Å². The normalized spacial score (nSPS) is 7.75. The van der Waals surface area contributed by atoms with Gasteiger partial charge in [0.1, 0.15) is 5.78 Å². The first-order valence-electron chi connectivity index (χ1n) is 2.37. The van der Waals surface area contributed by atoms with Gasteiger partial charge in [-0.15, -0.1) is 0 Å². The molecule has 0 aliphatic heterocycles. The summed E-state index contributed by atoms with van der Waals surface area (Å²) in [5.74, 6) is 0.147. The zero-order chi connectivity index (χ0) is 5.70. The minimum Gasteiger partial charge on any atom is -0.396 e. The van der Waals surface area contributed by atoms with Crippen molar-refractivity contribution in [1.29, 1.82) is 0 Å². The number of Topliss-reactive ketones (excluding diaryl/α,β-unsaturated/α-hetero) is 1. The smallest absolute Gasteiger partial charge is 0.129 e. The predicted octanol–water partition coefficient (Wildman–Crippen LogP) is 0.345. The van der Waals surface area contributed by atoms with Gasteiger partial charge in [-0.25, -0.2) is 0 Å². The second-order valence-corrected chi connectivity index (χ2v) is 1.53. The molecule has 0 fully saturated rings. The maximum atomic E-state index is 10.1. The Balaban J connectivity index is 0. The molecular weight excluding hydrogens is 183 g/mol. The maximum absolute atomic E-state index is 10.1. The Hall–Kier alpha value is 0.513. The van der Waals surface area contributed by atoms with Crippen LogP contribution in [0.5, 0.6) is 0 Å². The number of hydrogen-bond donors (Lipinski definition) is 1. The molecule has 0 rings (SSSR count). The van der Waals surface area contributed by atoms with Crippen LogP contribution in [-0.2, 0) is 31.0 Å². The van der Waals surface area contributed by atoms with Gasteiger partial charge >= 0.3 is 0 Å². The van der Waals surface area contributed by atoms with Crippen molar-refractivity contribution >= 4 is 5.78 Å². The Labute approximate surface area is 68.4 Å². The molecule has 0 spiro atoms. The van der Waals surface area contributed by atoms with E-state index in [4.69, 9.17) is 5.11 Å². The first-order chi connectivity index (χ1) is 3.27. The van der Waals surface area contributed by atoms with Gasteiger partial charge in [-0.1, -0.05) is 0 Å². The molecule has 0 amide bonds. The summed E-state index contributed by atoms with van der Waals surface area (Å²) < 4.78 is 0. The van der Waals surface area contributed by atoms with E-state index >= 15 is 0 Å². The van der Waals surface area contributed by atoms with E-state index < -0.39 is 0 Å². The second-order valence-electron chi connectivity index (χ2n) is 1.53. The van der Waals surface area contributed by atoms with Crippen molar-refractivity contribution < 1.29 is 36.1 Å². The molecule has 1 N–H and O–H groups in total. The fourth-order valence-electron chi connectivity index (χ4n) is 0.328. The molecule has 0 heterocycles. The Bertz CT molecular complexity index is 63.4. The third kappa shape index (κ3) is 9.72. The molecule has 0 aromatic rings. The van der Waals surface area contributed by atoms with E-state index in [2.05, 4.69) is 0 Å². The molecule has 0 bridgehead atoms. The Morgan fingerprint density at radius 3 is 2.25 bits per heavy atom. The Kier molecular flexibility index (Phi) is 10.6. The van der Waals surface area contributed by atoms with Gasteiger partial charge in [-0.2, -0.15) is 0 Å². The molecule has 0 atom stereocenters. The van der Waals surface area contributed by atoms with E-state index in [1.807, 2.05) is 0 Å². The fourth-order valence-corrected chi connectivity index (χ4v) is 0.328. The average Bonchev–Trinajstić information content (AvgIpc) is 1.61. The summed E-state index contributed by atoms with van der Waals surface area (Å²) in [7, 11) is 0. The molecule has 0 saturated heterocycles. The summed E-state index contributed by atoms with van der Waals surface area (Å²) in [4.78, 5) is 10.1. The van der Waals surface area contributed by atoms with Gasteiger partial charge in [-0.05, 0) is 13.3 Å². The largest absolute Gasteiger partial charge is 0.396 e. The Morgan fingerprint density at radius 2 is 2.12 bits per heavy atom. The van der Waals surface area contributed by atoms with Crippen molar-refractivity contribution in [3.8, 4) is 0 Å². The van der Waals surface area contributed by atoms with Gasteiger partial charge in [0.05, 0.1) is 0 Å². The summed E-state index contributed by atoms with van der Waals surface area (Å²) >= 11 is 0. The van der Waals surface area contributed by atoms with Crippen LogP contribution in [0.3, 0.4) is 0 Å². The van der Waals surface area contributed by atoms with E-state index in [-0.39, 0.29) is 38.6 Å². The predicted molar refractivity (Wildman–Crippen MR) is 27.0 cm³/mol. The number of ketones is 1. The topological polar surface area (TPSA) is 37.3 Å². The molecule has 0 radical (unpaired) electrons. The van der Waals surface area contributed by atoms with Crippen molar-refractivity contribution in [1.82, 2.24) is 0 Å². The van der Waals surface area contributed by atoms with Gasteiger partial charge in [0.2, 0.25) is 0 Å². The van der Waals surface area contributed by atoms with Crippen LogP contribution in [0.2, 0.25) is 0 Å². The molecule has 3 heteroatoms. The standard InChI is InChI=1S/C5H10O2.Zr/c1-5(7)3-2-4-6;/h6H,2-4H2,1H3;. The van der Waals surface area contributed by atoms with E-state index in [0.29, 0.717) is 12.8 Å². The Morgan fingerprint density at radius 1 is 1.62 bits per heavy atom. The van der Waals surface area contributed by atoms with Gasteiger partial charge in [-0.3, -0.25) is 0 Å². The van der Waals surface area contributed by atoms with Crippen LogP contribution < -0.4 is 0 Å². The van der Waals surface area contributed by atoms with Gasteiger partial charge in [0.25, 0.3) is 0 Å². The van der Waals surface area contributed by atoms with Gasteiger partial charge in [0, 0.05) is 39.2 Å². The molecule has 0 unspecified atom stereocenters. The maximum Gasteiger partial charge on any atom is 0.129 e. The van der Waals surface area contributed by atoms with Gasteiger partial charge < -0.3 is 9.90 Å². The van der Waals surface area contributed by atoms with Crippen LogP contribution in [0.4, 0.5) is 0 Å². The zero-order valence-electron chi connectivity index (χ0n) is 4.98. The second kappa shape index (κ2) is 7.51. The molecule has 0 saturated carbocycles.